The molecular formula is C123H141BN4. The molecule has 128 heavy (non-hydrogen) atoms. The Morgan fingerprint density at radius 3 is 0.852 bits per heavy atom. The summed E-state index contributed by atoms with van der Waals surface area (Å²) in [5, 5.41) is 1.88. The number of hydrogen-bond acceptors (Lipinski definition) is 2. The van der Waals surface area contributed by atoms with Crippen LogP contribution in [0.15, 0.2) is 255 Å². The van der Waals surface area contributed by atoms with Crippen molar-refractivity contribution in [2.75, 3.05) is 9.80 Å². The SMILES string of the molecule is [2H]c1c([2H])c([2H])c2c(c1[2H])c1cc(CC(C)(C)C)ccc1n2-c1ccc2c(c1)N(c1c(-c3cccc(C([2H])([2H])C(C)(C)C)c3)cc(CC(C)(C)C)cc1-c1cccc(C([2H])([2H])C(C)(C)C)c1)c1cc(C([2H])([2H])C(C)(C)C)cc3c1B2c1ccc(-n2c4ccc(CC(C)(C)C)cc4c4c([2H])c([2H])c([2H])c([2H])c42)cc1N3c1c(-c2cccc(C([2H])([2H])C(C)(C)C)c2)cc(CC(C)(C)C)cc1-c1cccc(C([2H])([2H])C(C)(C)C)c1. The lowest BCUT2D eigenvalue weighted by Crippen LogP contribution is -2.61. The molecule has 0 unspecified atom stereocenters. The Kier molecular flexibility index (Phi) is 17.6. The van der Waals surface area contributed by atoms with E-state index in [0.717, 1.165) is 22.3 Å². The third kappa shape index (κ3) is 19.1. The quantitative estimate of drug-likeness (QED) is 0.0845. The van der Waals surface area contributed by atoms with E-state index in [9.17, 15) is 24.7 Å². The van der Waals surface area contributed by atoms with Crippen molar-refractivity contribution in [3.8, 4) is 55.9 Å². The number of hydrogen-bond donors (Lipinski definition) is 0. The molecule has 2 aliphatic heterocycles. The van der Waals surface area contributed by atoms with Crippen molar-refractivity contribution in [3.05, 3.63) is 305 Å². The van der Waals surface area contributed by atoms with Crippen molar-refractivity contribution in [1.29, 1.82) is 0 Å². The summed E-state index contributed by atoms with van der Waals surface area (Å²) in [6.07, 6.45) is -7.76. The summed E-state index contributed by atoms with van der Waals surface area (Å²) in [5.41, 5.74) is 12.5. The lowest BCUT2D eigenvalue weighted by Gasteiger charge is -2.46. The predicted molar refractivity (Wildman–Crippen MR) is 559 cm³/mol. The van der Waals surface area contributed by atoms with Gasteiger partial charge in [-0.3, -0.25) is 0 Å². The maximum atomic E-state index is 11.4. The molecule has 0 fully saturated rings. The summed E-state index contributed by atoms with van der Waals surface area (Å²) in [5.74, 6) is 0. The van der Waals surface area contributed by atoms with Gasteiger partial charge < -0.3 is 18.9 Å². The number of aromatic nitrogens is 2. The standard InChI is InChI=1S/C123H141BN4/c1-115(2,3)70-79-36-32-40-88(56-79)96-62-85(76-121(19,20)21)63-97(89-41-33-37-80(57-89)71-116(4,5)6)113(96)127-108-68-92(125-104-46-30-28-44-94(104)100-60-83(48-54-106(100)125)74-119(13,14)15)50-52-102(108)124-103-53-51-93(126-105-47-31-29-45-95(105)101-61-84(49-55-107(101)126)75-120(16,17)18)69-109(103)128(111-67-87(78-123(25,26)27)66-110(127)112(111)124)114-98(90-42-34-38-81(58-90)72-117(7,8)9)64-86(77-122(22,23)24)65-99(114)91-43-35-39-82(59-91)73-118(10,11)12/h28-69H,70-78H2,1-27H3/i28D,29D,30D,31D,44D,45D,46D,47D,70D2,71D2,72D2,73D2,78D2. The van der Waals surface area contributed by atoms with Gasteiger partial charge >= 0.3 is 0 Å². The van der Waals surface area contributed by atoms with Crippen LogP contribution in [0.1, 0.15) is 262 Å². The second kappa shape index (κ2) is 32.6. The van der Waals surface area contributed by atoms with E-state index in [4.69, 9.17) is 0 Å². The Bertz CT molecular complexity index is 7220. The molecule has 5 heteroatoms. The van der Waals surface area contributed by atoms with Crippen molar-refractivity contribution >= 4 is 101 Å². The largest absolute Gasteiger partial charge is 0.310 e. The van der Waals surface area contributed by atoms with E-state index >= 15 is 0 Å². The first-order chi connectivity index (χ1) is 67.2. The fourth-order valence-corrected chi connectivity index (χ4v) is 19.7. The molecule has 0 amide bonds. The molecule has 0 saturated carbocycles. The van der Waals surface area contributed by atoms with Gasteiger partial charge in [0.15, 0.2) is 0 Å². The molecule has 0 N–H and O–H groups in total. The van der Waals surface area contributed by atoms with Crippen LogP contribution in [-0.2, 0) is 57.5 Å². The van der Waals surface area contributed by atoms with Gasteiger partial charge in [-0.1, -0.05) is 345 Å². The molecule has 656 valence electrons. The van der Waals surface area contributed by atoms with Crippen LogP contribution in [0.5, 0.6) is 0 Å². The first-order valence-electron chi connectivity index (χ1n) is 55.1. The molecule has 0 bridgehead atoms. The van der Waals surface area contributed by atoms with E-state index in [1.54, 1.807) is 0 Å². The van der Waals surface area contributed by atoms with Crippen molar-refractivity contribution in [3.63, 3.8) is 0 Å². The van der Waals surface area contributed by atoms with Gasteiger partial charge in [0.25, 0.3) is 6.71 Å². The van der Waals surface area contributed by atoms with Crippen molar-refractivity contribution < 1.29 is 24.7 Å². The van der Waals surface area contributed by atoms with Crippen LogP contribution in [0.4, 0.5) is 34.1 Å². The highest BCUT2D eigenvalue weighted by atomic mass is 15.2. The van der Waals surface area contributed by atoms with Gasteiger partial charge in [-0.15, -0.1) is 0 Å². The van der Waals surface area contributed by atoms with Crippen molar-refractivity contribution in [2.24, 2.45) is 48.7 Å². The molecule has 0 spiro atoms. The first kappa shape index (κ1) is 69.2. The number of benzene rings is 13. The summed E-state index contributed by atoms with van der Waals surface area (Å²) in [6, 6.07) is 66.0. The number of rotatable bonds is 17. The van der Waals surface area contributed by atoms with Crippen molar-refractivity contribution in [1.82, 2.24) is 9.13 Å². The molecule has 0 atom stereocenters. The molecule has 2 aliphatic rings. The Labute approximate surface area is 794 Å². The molecule has 0 radical (unpaired) electrons. The van der Waals surface area contributed by atoms with Crippen LogP contribution in [-0.4, -0.2) is 15.8 Å². The van der Waals surface area contributed by atoms with E-state index < -0.39 is 77.7 Å². The normalized spacial score (nSPS) is 16.3. The molecule has 4 heterocycles. The molecule has 0 aliphatic carbocycles. The smallest absolute Gasteiger partial charge is 0.252 e. The minimum Gasteiger partial charge on any atom is -0.310 e. The summed E-state index contributed by atoms with van der Waals surface area (Å²) in [6.45, 7) is 53.7. The summed E-state index contributed by atoms with van der Waals surface area (Å²) in [7, 11) is 0. The van der Waals surface area contributed by atoms with Crippen LogP contribution in [0.2, 0.25) is 0 Å². The Morgan fingerprint density at radius 2 is 0.547 bits per heavy atom. The van der Waals surface area contributed by atoms with Gasteiger partial charge in [0.2, 0.25) is 0 Å². The van der Waals surface area contributed by atoms with E-state index in [0.29, 0.717) is 187 Å². The lowest BCUT2D eigenvalue weighted by atomic mass is 9.33. The topological polar surface area (TPSA) is 16.3 Å². The van der Waals surface area contributed by atoms with Gasteiger partial charge in [0.1, 0.15) is 0 Å². The summed E-state index contributed by atoms with van der Waals surface area (Å²) < 4.78 is 187. The monoisotopic (exact) mass is 1700 g/mol. The van der Waals surface area contributed by atoms with Gasteiger partial charge in [0.05, 0.1) is 44.4 Å². The molecule has 4 nitrogen and oxygen atoms in total. The summed E-state index contributed by atoms with van der Waals surface area (Å²) >= 11 is 0. The van der Waals surface area contributed by atoms with Crippen LogP contribution in [0.3, 0.4) is 0 Å². The van der Waals surface area contributed by atoms with E-state index in [2.05, 4.69) is 166 Å². The highest BCUT2D eigenvalue weighted by Crippen LogP contribution is 2.56. The predicted octanol–water partition coefficient (Wildman–Crippen LogP) is 32.9. The summed E-state index contributed by atoms with van der Waals surface area (Å²) in [4.78, 5) is 4.51. The molecule has 2 aromatic heterocycles. The average molecular weight is 1700 g/mol. The fraction of sp³-hybridized carbons (Fsp3) is 0.366. The third-order valence-electron chi connectivity index (χ3n) is 23.5. The molecule has 15 aromatic rings. The van der Waals surface area contributed by atoms with Gasteiger partial charge in [-0.2, -0.15) is 0 Å². The van der Waals surface area contributed by atoms with Gasteiger partial charge in [-0.05, 0) is 292 Å². The van der Waals surface area contributed by atoms with E-state index in [1.807, 2.05) is 246 Å². The Morgan fingerprint density at radius 1 is 0.250 bits per heavy atom. The van der Waals surface area contributed by atoms with Crippen LogP contribution in [0.25, 0.3) is 99.5 Å². The second-order valence-corrected chi connectivity index (χ2v) is 46.6. The Balaban J connectivity index is 1.16. The van der Waals surface area contributed by atoms with Crippen LogP contribution < -0.4 is 26.2 Å². The highest BCUT2D eigenvalue weighted by Gasteiger charge is 2.47. The number of fused-ring (bicyclic) bond motifs is 10. The first-order valence-corrected chi connectivity index (χ1v) is 46.1. The molecule has 17 rings (SSSR count). The molecular weight excluding hydrogens is 1540 g/mol. The zero-order chi connectivity index (χ0) is 107. The minimum absolute atomic E-state index is 0.194. The number of nitrogens with zero attached hydrogens (tertiary/aromatic N) is 4. The molecule has 0 saturated heterocycles. The maximum absolute atomic E-state index is 11.4. The van der Waals surface area contributed by atoms with Gasteiger partial charge in [-0.25, -0.2) is 0 Å². The third-order valence-corrected chi connectivity index (χ3v) is 23.5. The van der Waals surface area contributed by atoms with E-state index in [1.165, 1.54) is 0 Å². The zero-order valence-electron chi connectivity index (χ0n) is 98.8. The van der Waals surface area contributed by atoms with Crippen LogP contribution >= 0.6 is 0 Å². The fourth-order valence-electron chi connectivity index (χ4n) is 19.7. The van der Waals surface area contributed by atoms with Gasteiger partial charge in [0, 0.05) is 91.6 Å². The Hall–Kier alpha value is -10.9. The molecule has 13 aromatic carbocycles. The highest BCUT2D eigenvalue weighted by molar-refractivity contribution is 7.00. The van der Waals surface area contributed by atoms with Crippen molar-refractivity contribution in [2.45, 2.75) is 244 Å². The zero-order valence-corrected chi connectivity index (χ0v) is 80.8. The second-order valence-electron chi connectivity index (χ2n) is 46.6. The average Bonchev–Trinajstić information content (AvgIpc) is 0.795. The minimum atomic E-state index is -2.30. The van der Waals surface area contributed by atoms with Crippen LogP contribution in [0, 0.1) is 48.7 Å². The van der Waals surface area contributed by atoms with E-state index in [-0.39, 0.29) is 74.5 Å². The maximum Gasteiger partial charge on any atom is 0.252 e. The number of para-hydroxylation sites is 2. The lowest BCUT2D eigenvalue weighted by molar-refractivity contribution is 0.410. The number of anilines is 6.